The van der Waals surface area contributed by atoms with Crippen LogP contribution in [0.2, 0.25) is 5.02 Å². The molecule has 0 atom stereocenters. The highest BCUT2D eigenvalue weighted by Crippen LogP contribution is 2.20. The normalized spacial score (nSPS) is 11.8. The maximum atomic E-state index is 12.0. The second kappa shape index (κ2) is 8.59. The summed E-state index contributed by atoms with van der Waals surface area (Å²) in [5, 5.41) is 3.60. The number of rotatable bonds is 9. The van der Waals surface area contributed by atoms with Crippen molar-refractivity contribution in [3.05, 3.63) is 28.8 Å². The van der Waals surface area contributed by atoms with Crippen LogP contribution in [0.4, 0.5) is 0 Å². The Morgan fingerprint density at radius 1 is 1.35 bits per heavy atom. The molecule has 0 heterocycles. The molecule has 1 aromatic carbocycles. The minimum absolute atomic E-state index is 0.181. The molecule has 7 heteroatoms. The fourth-order valence-electron chi connectivity index (χ4n) is 1.60. The van der Waals surface area contributed by atoms with E-state index in [0.717, 1.165) is 12.1 Å². The standard InChI is InChI=1S/C13H21ClN2O3S/c1-3-15-10-11-5-6-12(9-13(11)14)20(17,18)16-7-4-8-19-2/h5-6,9,15-16H,3-4,7-8,10H2,1-2H3. The predicted molar refractivity (Wildman–Crippen MR) is 80.5 cm³/mol. The van der Waals surface area contributed by atoms with Crippen LogP contribution in [0.3, 0.4) is 0 Å². The van der Waals surface area contributed by atoms with Crippen LogP contribution < -0.4 is 10.0 Å². The average molecular weight is 321 g/mol. The zero-order chi connectivity index (χ0) is 15.0. The summed E-state index contributed by atoms with van der Waals surface area (Å²) in [5.41, 5.74) is 0.881. The first-order valence-electron chi connectivity index (χ1n) is 6.49. The molecule has 0 fully saturated rings. The van der Waals surface area contributed by atoms with E-state index in [4.69, 9.17) is 16.3 Å². The Balaban J connectivity index is 2.73. The summed E-state index contributed by atoms with van der Waals surface area (Å²) in [6, 6.07) is 4.78. The number of benzene rings is 1. The minimum Gasteiger partial charge on any atom is -0.385 e. The van der Waals surface area contributed by atoms with Gasteiger partial charge >= 0.3 is 0 Å². The highest BCUT2D eigenvalue weighted by Gasteiger charge is 2.14. The maximum Gasteiger partial charge on any atom is 0.240 e. The van der Waals surface area contributed by atoms with Crippen molar-refractivity contribution in [2.75, 3.05) is 26.8 Å². The molecule has 20 heavy (non-hydrogen) atoms. The fraction of sp³-hybridized carbons (Fsp3) is 0.538. The van der Waals surface area contributed by atoms with Crippen molar-refractivity contribution < 1.29 is 13.2 Å². The Morgan fingerprint density at radius 3 is 2.70 bits per heavy atom. The van der Waals surface area contributed by atoms with E-state index in [0.29, 0.717) is 31.1 Å². The lowest BCUT2D eigenvalue weighted by Gasteiger charge is -2.09. The quantitative estimate of drug-likeness (QED) is 0.680. The molecule has 0 aliphatic heterocycles. The molecule has 0 aromatic heterocycles. The van der Waals surface area contributed by atoms with Gasteiger partial charge in [-0.15, -0.1) is 0 Å². The summed E-state index contributed by atoms with van der Waals surface area (Å²) >= 11 is 6.10. The molecule has 0 radical (unpaired) electrons. The largest absolute Gasteiger partial charge is 0.385 e. The third-order valence-electron chi connectivity index (χ3n) is 2.72. The van der Waals surface area contributed by atoms with E-state index in [1.54, 1.807) is 19.2 Å². The van der Waals surface area contributed by atoms with E-state index in [9.17, 15) is 8.42 Å². The van der Waals surface area contributed by atoms with Gasteiger partial charge in [-0.25, -0.2) is 13.1 Å². The number of hydrogen-bond acceptors (Lipinski definition) is 4. The number of halogens is 1. The Labute approximate surface area is 125 Å². The first-order valence-corrected chi connectivity index (χ1v) is 8.35. The highest BCUT2D eigenvalue weighted by atomic mass is 35.5. The molecule has 5 nitrogen and oxygen atoms in total. The monoisotopic (exact) mass is 320 g/mol. The van der Waals surface area contributed by atoms with Gasteiger partial charge in [0.05, 0.1) is 4.90 Å². The third kappa shape index (κ3) is 5.38. The molecule has 0 unspecified atom stereocenters. The van der Waals surface area contributed by atoms with E-state index >= 15 is 0 Å². The van der Waals surface area contributed by atoms with Gasteiger partial charge in [-0.05, 0) is 30.7 Å². The number of methoxy groups -OCH3 is 1. The minimum atomic E-state index is -3.51. The van der Waals surface area contributed by atoms with Gasteiger partial charge < -0.3 is 10.1 Å². The zero-order valence-corrected chi connectivity index (χ0v) is 13.4. The lowest BCUT2D eigenvalue weighted by atomic mass is 10.2. The summed E-state index contributed by atoms with van der Waals surface area (Å²) in [6.07, 6.45) is 0.627. The van der Waals surface area contributed by atoms with Crippen LogP contribution in [0.5, 0.6) is 0 Å². The molecule has 0 saturated carbocycles. The van der Waals surface area contributed by atoms with Crippen LogP contribution in [0.25, 0.3) is 0 Å². The topological polar surface area (TPSA) is 67.4 Å². The SMILES string of the molecule is CCNCc1ccc(S(=O)(=O)NCCCOC)cc1Cl. The van der Waals surface area contributed by atoms with Crippen LogP contribution in [0.15, 0.2) is 23.1 Å². The smallest absolute Gasteiger partial charge is 0.240 e. The molecule has 0 saturated heterocycles. The predicted octanol–water partition coefficient (Wildman–Crippen LogP) is 1.76. The van der Waals surface area contributed by atoms with Crippen molar-refractivity contribution in [1.29, 1.82) is 0 Å². The second-order valence-electron chi connectivity index (χ2n) is 4.28. The first kappa shape index (κ1) is 17.4. The lowest BCUT2D eigenvalue weighted by molar-refractivity contribution is 0.196. The number of ether oxygens (including phenoxy) is 1. The third-order valence-corrected chi connectivity index (χ3v) is 4.53. The molecular formula is C13H21ClN2O3S. The maximum absolute atomic E-state index is 12.0. The number of nitrogens with one attached hydrogen (secondary N) is 2. The van der Waals surface area contributed by atoms with Crippen LogP contribution in [-0.2, 0) is 21.3 Å². The Hall–Kier alpha value is -0.660. The lowest BCUT2D eigenvalue weighted by Crippen LogP contribution is -2.25. The van der Waals surface area contributed by atoms with Crippen LogP contribution in [-0.4, -0.2) is 35.2 Å². The van der Waals surface area contributed by atoms with E-state index < -0.39 is 10.0 Å². The summed E-state index contributed by atoms with van der Waals surface area (Å²) in [6.45, 7) is 4.31. The van der Waals surface area contributed by atoms with Gasteiger partial charge in [0, 0.05) is 31.8 Å². The van der Waals surface area contributed by atoms with Gasteiger partial charge in [-0.3, -0.25) is 0 Å². The van der Waals surface area contributed by atoms with Gasteiger partial charge in [0.1, 0.15) is 0 Å². The van der Waals surface area contributed by atoms with Gasteiger partial charge in [0.25, 0.3) is 0 Å². The van der Waals surface area contributed by atoms with E-state index in [1.165, 1.54) is 6.07 Å². The molecule has 2 N–H and O–H groups in total. The zero-order valence-electron chi connectivity index (χ0n) is 11.8. The Kier molecular flexibility index (Phi) is 7.47. The first-order chi connectivity index (χ1) is 9.51. The molecule has 0 aliphatic rings. The number of hydrogen-bond donors (Lipinski definition) is 2. The van der Waals surface area contributed by atoms with Crippen molar-refractivity contribution in [2.45, 2.75) is 24.8 Å². The Morgan fingerprint density at radius 2 is 2.10 bits per heavy atom. The van der Waals surface area contributed by atoms with Crippen molar-refractivity contribution >= 4 is 21.6 Å². The average Bonchev–Trinajstić information content (AvgIpc) is 2.42. The van der Waals surface area contributed by atoms with Crippen molar-refractivity contribution in [3.8, 4) is 0 Å². The summed E-state index contributed by atoms with van der Waals surface area (Å²) in [7, 11) is -1.93. The fourth-order valence-corrected chi connectivity index (χ4v) is 3.02. The molecule has 0 bridgehead atoms. The summed E-state index contributed by atoms with van der Waals surface area (Å²) < 4.78 is 31.5. The van der Waals surface area contributed by atoms with Gasteiger partial charge in [0.2, 0.25) is 10.0 Å². The van der Waals surface area contributed by atoms with Gasteiger partial charge in [0.15, 0.2) is 0 Å². The highest BCUT2D eigenvalue weighted by molar-refractivity contribution is 7.89. The van der Waals surface area contributed by atoms with Gasteiger partial charge in [-0.2, -0.15) is 0 Å². The molecule has 0 spiro atoms. The van der Waals surface area contributed by atoms with Crippen LogP contribution in [0.1, 0.15) is 18.9 Å². The van der Waals surface area contributed by atoms with Gasteiger partial charge in [-0.1, -0.05) is 24.6 Å². The van der Waals surface area contributed by atoms with E-state index in [2.05, 4.69) is 10.0 Å². The molecule has 1 rings (SSSR count). The van der Waals surface area contributed by atoms with Crippen molar-refractivity contribution in [3.63, 3.8) is 0 Å². The van der Waals surface area contributed by atoms with Crippen molar-refractivity contribution in [1.82, 2.24) is 10.0 Å². The molecule has 114 valence electrons. The molecule has 1 aromatic rings. The summed E-state index contributed by atoms with van der Waals surface area (Å²) in [5.74, 6) is 0. The second-order valence-corrected chi connectivity index (χ2v) is 6.45. The van der Waals surface area contributed by atoms with E-state index in [1.807, 2.05) is 6.92 Å². The Bertz CT molecular complexity index is 520. The molecule has 0 aliphatic carbocycles. The summed E-state index contributed by atoms with van der Waals surface area (Å²) in [4.78, 5) is 0.181. The molecular weight excluding hydrogens is 300 g/mol. The van der Waals surface area contributed by atoms with Crippen LogP contribution in [0, 0.1) is 0 Å². The van der Waals surface area contributed by atoms with Crippen LogP contribution >= 0.6 is 11.6 Å². The van der Waals surface area contributed by atoms with E-state index in [-0.39, 0.29) is 4.90 Å². The van der Waals surface area contributed by atoms with Crippen molar-refractivity contribution in [2.24, 2.45) is 0 Å². The number of sulfonamides is 1. The molecule has 0 amide bonds.